The number of hydrogen-bond acceptors (Lipinski definition) is 26. The number of amides is 1. The van der Waals surface area contributed by atoms with Gasteiger partial charge in [0, 0.05) is 27.9 Å². The maximum Gasteiger partial charge on any atom is 0.303 e. The van der Waals surface area contributed by atoms with Gasteiger partial charge in [-0.15, -0.1) is 13.2 Å². The summed E-state index contributed by atoms with van der Waals surface area (Å²) in [5.74, 6) is -5.09. The van der Waals surface area contributed by atoms with Gasteiger partial charge in [-0.25, -0.2) is 0 Å². The van der Waals surface area contributed by atoms with E-state index < -0.39 is 187 Å². The molecule has 5 aromatic rings. The molecule has 0 bridgehead atoms. The van der Waals surface area contributed by atoms with E-state index in [2.05, 4.69) is 18.5 Å². The molecule has 27 nitrogen and oxygen atoms in total. The maximum atomic E-state index is 14.6. The lowest BCUT2D eigenvalue weighted by Gasteiger charge is -2.54. The van der Waals surface area contributed by atoms with Crippen molar-refractivity contribution in [1.29, 1.82) is 0 Å². The second-order valence-corrected chi connectivity index (χ2v) is 30.9. The average molecular weight is 1640 g/mol. The Hall–Kier alpha value is -6.43. The van der Waals surface area contributed by atoms with Crippen LogP contribution in [0.25, 0.3) is 0 Å². The summed E-state index contributed by atoms with van der Waals surface area (Å²) in [4.78, 5) is 53.6. The second-order valence-electron chi connectivity index (χ2n) is 28.6. The SMILES string of the molecule is C=CCO[C@@H]1[C@@H](OCC=C)[C@H](C)O[C@@H](O[C@H]2[C@H](OC)O[C@@H](C)[C@H](OCc3ccccc3)[C@H]2O[C@H]2O[C@H](COCc3ccccc3)[C@@H](OCc3ccccc3)[C@H](OCc3ccccc3)[C@H]2OCc2ccccc2)[C@@H]1O[C@@H]1O[C@@H]2COC(C)(C)O[C@H]2[C@H](O[C@@H]2O[C@@H](C)[C@H](OC(C)=O)[C@@H](OC(C)=O)[C@H]2OC(C)=O)[C@H]1NC(=O)C(Cl)(Cl)Cl. The number of alkyl halides is 3. The van der Waals surface area contributed by atoms with Gasteiger partial charge in [-0.2, -0.15) is 0 Å². The van der Waals surface area contributed by atoms with Crippen LogP contribution in [0.4, 0.5) is 0 Å². The number of rotatable bonds is 35. The summed E-state index contributed by atoms with van der Waals surface area (Å²) in [6.07, 6.45) is -28.0. The van der Waals surface area contributed by atoms with Crippen LogP contribution in [-0.4, -0.2) is 220 Å². The molecule has 616 valence electrons. The van der Waals surface area contributed by atoms with E-state index in [9.17, 15) is 19.2 Å². The Labute approximate surface area is 673 Å². The summed E-state index contributed by atoms with van der Waals surface area (Å²) in [5, 5.41) is 2.79. The van der Waals surface area contributed by atoms with E-state index in [1.807, 2.05) is 159 Å². The molecule has 6 saturated heterocycles. The Morgan fingerprint density at radius 1 is 0.451 bits per heavy atom. The zero-order valence-corrected chi connectivity index (χ0v) is 66.8. The minimum atomic E-state index is -2.68. The van der Waals surface area contributed by atoms with E-state index >= 15 is 0 Å². The molecule has 5 aromatic carbocycles. The molecule has 1 N–H and O–H groups in total. The van der Waals surface area contributed by atoms with Gasteiger partial charge in [0.05, 0.1) is 77.8 Å². The van der Waals surface area contributed by atoms with Crippen molar-refractivity contribution in [3.8, 4) is 0 Å². The molecule has 6 aliphatic heterocycles. The normalized spacial score (nSPS) is 33.0. The van der Waals surface area contributed by atoms with Crippen molar-refractivity contribution in [2.45, 2.75) is 251 Å². The average Bonchev–Trinajstić information content (AvgIpc) is 0.753. The molecule has 25 atom stereocenters. The van der Waals surface area contributed by atoms with Gasteiger partial charge < -0.3 is 110 Å². The number of benzene rings is 5. The van der Waals surface area contributed by atoms with Crippen LogP contribution in [0.15, 0.2) is 177 Å². The molecule has 11 rings (SSSR count). The van der Waals surface area contributed by atoms with E-state index in [1.54, 1.807) is 26.8 Å². The van der Waals surface area contributed by atoms with Crippen LogP contribution in [0.2, 0.25) is 0 Å². The number of carbonyl (C=O) groups is 4. The van der Waals surface area contributed by atoms with Crippen molar-refractivity contribution in [2.24, 2.45) is 0 Å². The van der Waals surface area contributed by atoms with Crippen LogP contribution in [-0.2, 0) is 156 Å². The number of hydrogen-bond donors (Lipinski definition) is 1. The fraction of sp³-hybridized carbons (Fsp3) is 0.542. The zero-order chi connectivity index (χ0) is 80.3. The molecular formula is C83H102Cl3NO26. The predicted octanol–water partition coefficient (Wildman–Crippen LogP) is 10.4. The predicted molar refractivity (Wildman–Crippen MR) is 407 cm³/mol. The monoisotopic (exact) mass is 1630 g/mol. The largest absolute Gasteiger partial charge is 0.456 e. The van der Waals surface area contributed by atoms with E-state index in [-0.39, 0.29) is 59.5 Å². The van der Waals surface area contributed by atoms with Crippen molar-refractivity contribution >= 4 is 58.6 Å². The molecule has 0 aromatic heterocycles. The Morgan fingerprint density at radius 2 is 0.841 bits per heavy atom. The summed E-state index contributed by atoms with van der Waals surface area (Å²) >= 11 is 19.4. The fourth-order valence-electron chi connectivity index (χ4n) is 14.5. The van der Waals surface area contributed by atoms with Crippen LogP contribution in [0.1, 0.15) is 83.2 Å². The number of carbonyl (C=O) groups excluding carboxylic acids is 4. The number of nitrogens with one attached hydrogen (secondary N) is 1. The van der Waals surface area contributed by atoms with Gasteiger partial charge >= 0.3 is 17.9 Å². The molecule has 0 aliphatic carbocycles. The third-order valence-corrected chi connectivity index (χ3v) is 20.2. The summed E-state index contributed by atoms with van der Waals surface area (Å²) in [6.45, 7) is 19.8. The molecule has 0 radical (unpaired) electrons. The van der Waals surface area contributed by atoms with Crippen LogP contribution in [0, 0.1) is 0 Å². The Balaban J connectivity index is 1.04. The highest BCUT2D eigenvalue weighted by molar-refractivity contribution is 6.76. The third-order valence-electron chi connectivity index (χ3n) is 19.6. The molecule has 0 unspecified atom stereocenters. The summed E-state index contributed by atoms with van der Waals surface area (Å²) in [5.41, 5.74) is 4.30. The van der Waals surface area contributed by atoms with Crippen LogP contribution < -0.4 is 5.32 Å². The number of esters is 3. The van der Waals surface area contributed by atoms with Crippen molar-refractivity contribution in [2.75, 3.05) is 33.5 Å². The molecule has 1 amide bonds. The Morgan fingerprint density at radius 3 is 1.35 bits per heavy atom. The first-order valence-corrected chi connectivity index (χ1v) is 38.8. The minimum absolute atomic E-state index is 0.0235. The van der Waals surface area contributed by atoms with Gasteiger partial charge in [0.25, 0.3) is 9.70 Å². The number of halogens is 3. The fourth-order valence-corrected chi connectivity index (χ4v) is 14.7. The Bertz CT molecular complexity index is 3780. The first kappa shape index (κ1) is 87.4. The van der Waals surface area contributed by atoms with Gasteiger partial charge in [0.15, 0.2) is 55.5 Å². The van der Waals surface area contributed by atoms with Gasteiger partial charge in [-0.3, -0.25) is 19.2 Å². The highest BCUT2D eigenvalue weighted by Gasteiger charge is 2.62. The van der Waals surface area contributed by atoms with E-state index in [1.165, 1.54) is 20.1 Å². The number of ether oxygens (including phenoxy) is 22. The molecule has 0 spiro atoms. The highest BCUT2D eigenvalue weighted by Crippen LogP contribution is 2.43. The lowest BCUT2D eigenvalue weighted by molar-refractivity contribution is -0.418. The van der Waals surface area contributed by atoms with Crippen molar-refractivity contribution in [1.82, 2.24) is 5.32 Å². The first-order chi connectivity index (χ1) is 54.4. The number of methoxy groups -OCH3 is 1. The topological polar surface area (TPSA) is 283 Å². The molecule has 6 aliphatic rings. The van der Waals surface area contributed by atoms with Crippen LogP contribution in [0.5, 0.6) is 0 Å². The quantitative estimate of drug-likeness (QED) is 0.0171. The van der Waals surface area contributed by atoms with Crippen LogP contribution in [0.3, 0.4) is 0 Å². The van der Waals surface area contributed by atoms with Crippen molar-refractivity contribution < 1.29 is 123 Å². The molecular weight excluding hydrogens is 1530 g/mol. The van der Waals surface area contributed by atoms with Gasteiger partial charge in [-0.05, 0) is 62.4 Å². The summed E-state index contributed by atoms with van der Waals surface area (Å²) in [7, 11) is 1.45. The van der Waals surface area contributed by atoms with Crippen molar-refractivity contribution in [3.63, 3.8) is 0 Å². The maximum absolute atomic E-state index is 14.6. The Kier molecular flexibility index (Phi) is 32.2. The summed E-state index contributed by atoms with van der Waals surface area (Å²) < 4.78 is 147. The highest BCUT2D eigenvalue weighted by atomic mass is 35.6. The third kappa shape index (κ3) is 23.7. The summed E-state index contributed by atoms with van der Waals surface area (Å²) in [6, 6.07) is 46.7. The van der Waals surface area contributed by atoms with E-state index in [0.717, 1.165) is 48.6 Å². The molecule has 30 heteroatoms. The number of fused-ring (bicyclic) bond motifs is 1. The smallest absolute Gasteiger partial charge is 0.303 e. The molecule has 6 fully saturated rings. The second kappa shape index (κ2) is 41.6. The van der Waals surface area contributed by atoms with E-state index in [0.29, 0.717) is 0 Å². The van der Waals surface area contributed by atoms with Gasteiger partial charge in [0.2, 0.25) is 0 Å². The molecule has 113 heavy (non-hydrogen) atoms. The molecule has 0 saturated carbocycles. The minimum Gasteiger partial charge on any atom is -0.456 e. The van der Waals surface area contributed by atoms with Crippen molar-refractivity contribution in [3.05, 3.63) is 205 Å². The lowest BCUT2D eigenvalue weighted by atomic mass is 9.93. The van der Waals surface area contributed by atoms with Gasteiger partial charge in [0.1, 0.15) is 85.4 Å². The standard InChI is InChI=1S/C83H102Cl3NO26/c1-12-39-94-62-48(3)102-79(73(68(62)95-40-13-2)111-76-61(87-81(91)83(84,85)86)67(66-60(107-76)47-100-82(9,10)113-66)109-80-75(106-53(8)90)71(105-52(7)89)64(50(5)103-80)104-51(6)88)112-74-70(63(49(4)101-77(74)92-11)96-42-55-31-21-15-22-32-55)110-78-72(99-45-58-37-27-18-28-38-58)69(98-44-57-35-25-17-26-36-57)65(97-43-56-33-23-16-24-34-56)59(108-78)46-93-41-54-29-19-14-20-30-54/h12-38,48-50,59-80H,1-2,39-47H2,3-11H3,(H,87,91)/t48-,49-,50-,59+,60+,61+,62-,63-,64-,65+,66+,67+,68+,69-,70+,71+,72+,73+,74+,75+,76-,77+,78+,79-,80-/m0/s1. The molecule has 6 heterocycles. The van der Waals surface area contributed by atoms with Crippen LogP contribution >= 0.6 is 34.8 Å². The zero-order valence-electron chi connectivity index (χ0n) is 64.5. The lowest BCUT2D eigenvalue weighted by Crippen LogP contribution is -2.73. The van der Waals surface area contributed by atoms with Gasteiger partial charge in [-0.1, -0.05) is 199 Å². The first-order valence-electron chi connectivity index (χ1n) is 37.7. The van der Waals surface area contributed by atoms with E-state index in [4.69, 9.17) is 139 Å².